The zero-order valence-electron chi connectivity index (χ0n) is 19.6. The van der Waals surface area contributed by atoms with Crippen LogP contribution in [0, 0.1) is 17.6 Å². The number of carbonyl (C=O) groups excluding carboxylic acids is 2. The van der Waals surface area contributed by atoms with Crippen LogP contribution in [0.15, 0.2) is 42.5 Å². The molecule has 2 aromatic rings. The molecule has 2 aliphatic heterocycles. The van der Waals surface area contributed by atoms with Crippen molar-refractivity contribution in [3.8, 4) is 0 Å². The Morgan fingerprint density at radius 2 is 1.65 bits per heavy atom. The highest BCUT2D eigenvalue weighted by atomic mass is 19.1. The number of amides is 1. The Balaban J connectivity index is 1.25. The number of carbonyl (C=O) groups is 2. The molecule has 0 spiro atoms. The van der Waals surface area contributed by atoms with Crippen LogP contribution in [0.1, 0.15) is 37.0 Å². The molecular weight excluding hydrogens is 440 g/mol. The first-order valence-corrected chi connectivity index (χ1v) is 11.8. The van der Waals surface area contributed by atoms with Crippen LogP contribution >= 0.6 is 0 Å². The molecule has 0 aromatic heterocycles. The molecule has 0 bridgehead atoms. The summed E-state index contributed by atoms with van der Waals surface area (Å²) in [6.07, 6.45) is 1.37. The van der Waals surface area contributed by atoms with E-state index in [1.54, 1.807) is 0 Å². The summed E-state index contributed by atoms with van der Waals surface area (Å²) in [4.78, 5) is 29.4. The highest BCUT2D eigenvalue weighted by Gasteiger charge is 2.28. The third-order valence-electron chi connectivity index (χ3n) is 6.46. The van der Waals surface area contributed by atoms with Gasteiger partial charge in [-0.1, -0.05) is 0 Å². The third kappa shape index (κ3) is 5.98. The number of nitrogens with zero attached hydrogens (tertiary/aromatic N) is 2. The van der Waals surface area contributed by atoms with Crippen molar-refractivity contribution in [1.82, 2.24) is 4.90 Å². The number of rotatable bonds is 6. The lowest BCUT2D eigenvalue weighted by molar-refractivity contribution is -0.117. The molecule has 0 aliphatic carbocycles. The minimum absolute atomic E-state index is 0.123. The number of benzene rings is 2. The summed E-state index contributed by atoms with van der Waals surface area (Å²) in [5, 5.41) is 2.93. The Hall–Kier alpha value is -2.84. The summed E-state index contributed by atoms with van der Waals surface area (Å²) >= 11 is 0. The smallest absolute Gasteiger partial charge is 0.238 e. The molecule has 2 unspecified atom stereocenters. The number of hydrogen-bond donors (Lipinski definition) is 1. The van der Waals surface area contributed by atoms with Gasteiger partial charge in [-0.15, -0.1) is 0 Å². The van der Waals surface area contributed by atoms with Crippen molar-refractivity contribution in [3.05, 3.63) is 59.7 Å². The molecule has 2 aromatic carbocycles. The normalized spacial score (nSPS) is 21.9. The van der Waals surface area contributed by atoms with Crippen LogP contribution in [-0.4, -0.2) is 61.5 Å². The Bertz CT molecular complexity index is 1010. The molecule has 4 rings (SSSR count). The van der Waals surface area contributed by atoms with Crippen molar-refractivity contribution >= 4 is 23.1 Å². The van der Waals surface area contributed by atoms with Gasteiger partial charge >= 0.3 is 0 Å². The topological polar surface area (TPSA) is 61.9 Å². The molecule has 2 fully saturated rings. The number of ketones is 1. The number of likely N-dealkylation sites (tertiary alicyclic amines) is 1. The van der Waals surface area contributed by atoms with Crippen LogP contribution < -0.4 is 10.2 Å². The van der Waals surface area contributed by atoms with Gasteiger partial charge in [0.2, 0.25) is 5.91 Å². The second-order valence-corrected chi connectivity index (χ2v) is 9.30. The molecule has 34 heavy (non-hydrogen) atoms. The van der Waals surface area contributed by atoms with Gasteiger partial charge in [0.25, 0.3) is 0 Å². The van der Waals surface area contributed by atoms with Crippen molar-refractivity contribution in [1.29, 1.82) is 0 Å². The van der Waals surface area contributed by atoms with Crippen molar-refractivity contribution in [2.75, 3.05) is 42.9 Å². The molecule has 2 heterocycles. The number of halogens is 2. The zero-order valence-corrected chi connectivity index (χ0v) is 19.6. The first-order chi connectivity index (χ1) is 16.3. The summed E-state index contributed by atoms with van der Waals surface area (Å²) < 4.78 is 33.1. The van der Waals surface area contributed by atoms with Crippen LogP contribution in [0.25, 0.3) is 0 Å². The number of ether oxygens (including phenoxy) is 1. The number of morpholine rings is 1. The molecule has 1 N–H and O–H groups in total. The van der Waals surface area contributed by atoms with Gasteiger partial charge in [-0.25, -0.2) is 8.78 Å². The minimum Gasteiger partial charge on any atom is -0.372 e. The molecule has 0 radical (unpaired) electrons. The van der Waals surface area contributed by atoms with Gasteiger partial charge in [-0.05, 0) is 82.2 Å². The highest BCUT2D eigenvalue weighted by molar-refractivity contribution is 5.98. The standard InChI is InChI=1S/C26H31F2N3O3/c1-17-14-31(15-18(2)34-17)22-6-4-21(5-7-22)29-25(32)16-30-11-9-19(10-12-30)26(33)23-13-20(27)3-8-24(23)28/h3-8,13,17-19H,9-12,14-16H2,1-2H3,(H,29,32). The predicted molar refractivity (Wildman–Crippen MR) is 127 cm³/mol. The molecule has 8 heteroatoms. The third-order valence-corrected chi connectivity index (χ3v) is 6.46. The average molecular weight is 472 g/mol. The maximum atomic E-state index is 13.9. The molecular formula is C26H31F2N3O3. The van der Waals surface area contributed by atoms with Crippen LogP contribution in [0.2, 0.25) is 0 Å². The van der Waals surface area contributed by atoms with E-state index in [9.17, 15) is 18.4 Å². The fourth-order valence-corrected chi connectivity index (χ4v) is 4.81. The number of anilines is 2. The molecule has 2 atom stereocenters. The summed E-state index contributed by atoms with van der Waals surface area (Å²) in [6, 6.07) is 10.8. The number of piperidine rings is 1. The first-order valence-electron chi connectivity index (χ1n) is 11.8. The molecule has 1 amide bonds. The number of hydrogen-bond acceptors (Lipinski definition) is 5. The monoisotopic (exact) mass is 471 g/mol. The Kier molecular flexibility index (Phi) is 7.58. The van der Waals surface area contributed by atoms with Crippen LogP contribution in [-0.2, 0) is 9.53 Å². The van der Waals surface area contributed by atoms with Gasteiger partial charge in [0, 0.05) is 30.4 Å². The lowest BCUT2D eigenvalue weighted by atomic mass is 9.88. The lowest BCUT2D eigenvalue weighted by Crippen LogP contribution is -2.45. The van der Waals surface area contributed by atoms with E-state index < -0.39 is 11.6 Å². The fourth-order valence-electron chi connectivity index (χ4n) is 4.81. The van der Waals surface area contributed by atoms with E-state index in [-0.39, 0.29) is 41.9 Å². The molecule has 2 aliphatic rings. The Morgan fingerprint density at radius 3 is 2.29 bits per heavy atom. The summed E-state index contributed by atoms with van der Waals surface area (Å²) in [5.74, 6) is -2.18. The molecule has 2 saturated heterocycles. The van der Waals surface area contributed by atoms with E-state index in [2.05, 4.69) is 24.1 Å². The molecule has 0 saturated carbocycles. The summed E-state index contributed by atoms with van der Waals surface area (Å²) in [7, 11) is 0. The van der Waals surface area contributed by atoms with E-state index in [0.717, 1.165) is 42.7 Å². The highest BCUT2D eigenvalue weighted by Crippen LogP contribution is 2.25. The van der Waals surface area contributed by atoms with Gasteiger partial charge in [-0.3, -0.25) is 14.5 Å². The minimum atomic E-state index is -0.697. The summed E-state index contributed by atoms with van der Waals surface area (Å²) in [6.45, 7) is 7.11. The van der Waals surface area contributed by atoms with E-state index in [4.69, 9.17) is 4.74 Å². The average Bonchev–Trinajstić information content (AvgIpc) is 2.80. The van der Waals surface area contributed by atoms with Gasteiger partial charge in [0.15, 0.2) is 5.78 Å². The summed E-state index contributed by atoms with van der Waals surface area (Å²) in [5.41, 5.74) is 1.64. The zero-order chi connectivity index (χ0) is 24.2. The molecule has 182 valence electrons. The van der Waals surface area contributed by atoms with Crippen LogP contribution in [0.4, 0.5) is 20.2 Å². The van der Waals surface area contributed by atoms with E-state index in [1.807, 2.05) is 29.2 Å². The largest absolute Gasteiger partial charge is 0.372 e. The van der Waals surface area contributed by atoms with Crippen molar-refractivity contribution in [2.45, 2.75) is 38.9 Å². The Morgan fingerprint density at radius 1 is 1.00 bits per heavy atom. The van der Waals surface area contributed by atoms with Crippen molar-refractivity contribution < 1.29 is 23.1 Å². The van der Waals surface area contributed by atoms with E-state index >= 15 is 0 Å². The maximum Gasteiger partial charge on any atom is 0.238 e. The van der Waals surface area contributed by atoms with Crippen molar-refractivity contribution in [3.63, 3.8) is 0 Å². The second kappa shape index (κ2) is 10.6. The van der Waals surface area contributed by atoms with Gasteiger partial charge < -0.3 is 15.0 Å². The Labute approximate surface area is 198 Å². The quantitative estimate of drug-likeness (QED) is 0.643. The number of Topliss-reactive ketones (excluding diaryl/α,β-unsaturated/α-hetero) is 1. The van der Waals surface area contributed by atoms with Crippen molar-refractivity contribution in [2.24, 2.45) is 5.92 Å². The van der Waals surface area contributed by atoms with Crippen LogP contribution in [0.3, 0.4) is 0 Å². The van der Waals surface area contributed by atoms with Gasteiger partial charge in [-0.2, -0.15) is 0 Å². The second-order valence-electron chi connectivity index (χ2n) is 9.30. The van der Waals surface area contributed by atoms with Gasteiger partial charge in [0.1, 0.15) is 11.6 Å². The number of nitrogens with one attached hydrogen (secondary N) is 1. The fraction of sp³-hybridized carbons (Fsp3) is 0.462. The molecule has 6 nitrogen and oxygen atoms in total. The first kappa shape index (κ1) is 24.3. The van der Waals surface area contributed by atoms with Crippen LogP contribution in [0.5, 0.6) is 0 Å². The SMILES string of the molecule is CC1CN(c2ccc(NC(=O)CN3CCC(C(=O)c4cc(F)ccc4F)CC3)cc2)CC(C)O1. The van der Waals surface area contributed by atoms with E-state index in [1.165, 1.54) is 0 Å². The predicted octanol–water partition coefficient (Wildman–Crippen LogP) is 4.11. The lowest BCUT2D eigenvalue weighted by Gasteiger charge is -2.36. The van der Waals surface area contributed by atoms with E-state index in [0.29, 0.717) is 25.9 Å². The maximum absolute atomic E-state index is 13.9. The van der Waals surface area contributed by atoms with Gasteiger partial charge in [0.05, 0.1) is 24.3 Å².